The molecule has 0 saturated carbocycles. The second-order valence-electron chi connectivity index (χ2n) is 5.36. The maximum atomic E-state index is 5.86. The maximum absolute atomic E-state index is 5.86. The van der Waals surface area contributed by atoms with E-state index in [0.717, 1.165) is 22.4 Å². The van der Waals surface area contributed by atoms with Crippen LogP contribution >= 0.6 is 28.1 Å². The van der Waals surface area contributed by atoms with Gasteiger partial charge in [-0.25, -0.2) is 0 Å². The Labute approximate surface area is 158 Å². The SMILES string of the molecule is COCCCn1c(-c2ccc(COc3ccc(Br)cc3)o2)n[nH]c1=S. The molecule has 0 aliphatic carbocycles. The van der Waals surface area contributed by atoms with Gasteiger partial charge in [0.1, 0.15) is 18.1 Å². The average molecular weight is 424 g/mol. The zero-order valence-electron chi connectivity index (χ0n) is 13.7. The summed E-state index contributed by atoms with van der Waals surface area (Å²) in [5.41, 5.74) is 0. The zero-order valence-corrected chi connectivity index (χ0v) is 16.1. The molecule has 0 spiro atoms. The molecule has 3 rings (SSSR count). The van der Waals surface area contributed by atoms with Crippen LogP contribution in [0.15, 0.2) is 45.3 Å². The quantitative estimate of drug-likeness (QED) is 0.424. The van der Waals surface area contributed by atoms with Crippen molar-refractivity contribution in [3.63, 3.8) is 0 Å². The number of methoxy groups -OCH3 is 1. The smallest absolute Gasteiger partial charge is 0.198 e. The molecule has 0 atom stereocenters. The van der Waals surface area contributed by atoms with Gasteiger partial charge >= 0.3 is 0 Å². The average Bonchev–Trinajstić information content (AvgIpc) is 3.22. The van der Waals surface area contributed by atoms with E-state index >= 15 is 0 Å². The molecule has 3 aromatic rings. The van der Waals surface area contributed by atoms with Crippen molar-refractivity contribution in [2.75, 3.05) is 13.7 Å². The Balaban J connectivity index is 1.69. The first-order valence-corrected chi connectivity index (χ1v) is 8.99. The second-order valence-corrected chi connectivity index (χ2v) is 6.66. The highest BCUT2D eigenvalue weighted by Crippen LogP contribution is 2.23. The van der Waals surface area contributed by atoms with Crippen molar-refractivity contribution >= 4 is 28.1 Å². The van der Waals surface area contributed by atoms with Crippen LogP contribution in [0.2, 0.25) is 0 Å². The van der Waals surface area contributed by atoms with Crippen molar-refractivity contribution in [3.05, 3.63) is 51.4 Å². The Morgan fingerprint density at radius 3 is 2.80 bits per heavy atom. The van der Waals surface area contributed by atoms with Crippen LogP contribution in [0.25, 0.3) is 11.6 Å². The first-order valence-electron chi connectivity index (χ1n) is 7.79. The summed E-state index contributed by atoms with van der Waals surface area (Å²) in [4.78, 5) is 0. The molecule has 2 heterocycles. The predicted molar refractivity (Wildman–Crippen MR) is 100 cm³/mol. The molecule has 6 nitrogen and oxygen atoms in total. The van der Waals surface area contributed by atoms with Crippen LogP contribution in [-0.2, 0) is 17.9 Å². The summed E-state index contributed by atoms with van der Waals surface area (Å²) in [6.07, 6.45) is 0.845. The number of rotatable bonds is 8. The van der Waals surface area contributed by atoms with Crippen molar-refractivity contribution in [1.29, 1.82) is 0 Å². The third-order valence-corrected chi connectivity index (χ3v) is 4.41. The van der Waals surface area contributed by atoms with Gasteiger partial charge in [-0.1, -0.05) is 15.9 Å². The van der Waals surface area contributed by atoms with Crippen molar-refractivity contribution in [2.24, 2.45) is 0 Å². The highest BCUT2D eigenvalue weighted by Gasteiger charge is 2.13. The number of benzene rings is 1. The van der Waals surface area contributed by atoms with Crippen LogP contribution in [0.4, 0.5) is 0 Å². The van der Waals surface area contributed by atoms with Gasteiger partial charge in [0.25, 0.3) is 0 Å². The Hall–Kier alpha value is -1.90. The van der Waals surface area contributed by atoms with Gasteiger partial charge in [-0.3, -0.25) is 9.67 Å². The minimum atomic E-state index is 0.344. The van der Waals surface area contributed by atoms with Gasteiger partial charge < -0.3 is 13.9 Å². The molecule has 0 amide bonds. The van der Waals surface area contributed by atoms with E-state index < -0.39 is 0 Å². The lowest BCUT2D eigenvalue weighted by Gasteiger charge is -2.05. The Kier molecular flexibility index (Phi) is 6.06. The molecule has 132 valence electrons. The molecule has 0 aliphatic rings. The first-order chi connectivity index (χ1) is 12.2. The summed E-state index contributed by atoms with van der Waals surface area (Å²) in [7, 11) is 1.68. The molecule has 8 heteroatoms. The lowest BCUT2D eigenvalue weighted by molar-refractivity contribution is 0.190. The van der Waals surface area contributed by atoms with Gasteiger partial charge in [-0.15, -0.1) is 0 Å². The fraction of sp³-hybridized carbons (Fsp3) is 0.294. The van der Waals surface area contributed by atoms with E-state index in [1.807, 2.05) is 41.0 Å². The summed E-state index contributed by atoms with van der Waals surface area (Å²) in [6, 6.07) is 11.4. The molecule has 0 aliphatic heterocycles. The topological polar surface area (TPSA) is 65.2 Å². The molecular weight excluding hydrogens is 406 g/mol. The fourth-order valence-corrected chi connectivity index (χ4v) is 2.83. The van der Waals surface area contributed by atoms with E-state index in [-0.39, 0.29) is 0 Å². The number of aromatic nitrogens is 3. The number of nitrogens with one attached hydrogen (secondary N) is 1. The lowest BCUT2D eigenvalue weighted by atomic mass is 10.3. The lowest BCUT2D eigenvalue weighted by Crippen LogP contribution is -2.03. The van der Waals surface area contributed by atoms with Crippen LogP contribution in [-0.4, -0.2) is 28.5 Å². The molecule has 1 N–H and O–H groups in total. The monoisotopic (exact) mass is 423 g/mol. The fourth-order valence-electron chi connectivity index (χ4n) is 2.34. The predicted octanol–water partition coefficient (Wildman–Crippen LogP) is 4.58. The van der Waals surface area contributed by atoms with Crippen molar-refractivity contribution in [2.45, 2.75) is 19.6 Å². The van der Waals surface area contributed by atoms with Crippen LogP contribution in [0, 0.1) is 4.77 Å². The number of ether oxygens (including phenoxy) is 2. The highest BCUT2D eigenvalue weighted by atomic mass is 79.9. The molecule has 0 bridgehead atoms. The van der Waals surface area contributed by atoms with E-state index in [1.165, 1.54) is 0 Å². The van der Waals surface area contributed by atoms with E-state index in [0.29, 0.717) is 36.1 Å². The van der Waals surface area contributed by atoms with Crippen molar-refractivity contribution in [1.82, 2.24) is 14.8 Å². The van der Waals surface area contributed by atoms with Gasteiger partial charge in [0.2, 0.25) is 0 Å². The van der Waals surface area contributed by atoms with Crippen molar-refractivity contribution < 1.29 is 13.9 Å². The maximum Gasteiger partial charge on any atom is 0.198 e. The molecule has 0 unspecified atom stereocenters. The van der Waals surface area contributed by atoms with Crippen LogP contribution in [0.3, 0.4) is 0 Å². The third kappa shape index (κ3) is 4.59. The van der Waals surface area contributed by atoms with Gasteiger partial charge in [0.15, 0.2) is 16.4 Å². The minimum absolute atomic E-state index is 0.344. The Morgan fingerprint density at radius 2 is 2.04 bits per heavy atom. The van der Waals surface area contributed by atoms with E-state index in [1.54, 1.807) is 7.11 Å². The number of nitrogens with zero attached hydrogens (tertiary/aromatic N) is 2. The third-order valence-electron chi connectivity index (χ3n) is 3.57. The van der Waals surface area contributed by atoms with Gasteiger partial charge in [0, 0.05) is 24.7 Å². The summed E-state index contributed by atoms with van der Waals surface area (Å²) in [5, 5.41) is 7.09. The molecule has 2 aromatic heterocycles. The molecule has 0 fully saturated rings. The molecule has 1 aromatic carbocycles. The van der Waals surface area contributed by atoms with Gasteiger partial charge in [-0.2, -0.15) is 5.10 Å². The minimum Gasteiger partial charge on any atom is -0.486 e. The molecule has 0 radical (unpaired) electrons. The van der Waals surface area contributed by atoms with E-state index in [4.69, 9.17) is 26.1 Å². The number of aromatic amines is 1. The van der Waals surface area contributed by atoms with Gasteiger partial charge in [0.05, 0.1) is 0 Å². The Bertz CT molecular complexity index is 870. The molecule has 0 saturated heterocycles. The summed E-state index contributed by atoms with van der Waals surface area (Å²) >= 11 is 8.69. The van der Waals surface area contributed by atoms with Crippen molar-refractivity contribution in [3.8, 4) is 17.3 Å². The standard InChI is InChI=1S/C17H18BrN3O3S/c1-22-10-2-9-21-16(19-20-17(21)25)15-8-7-14(24-15)11-23-13-5-3-12(18)4-6-13/h3-8H,2,9-11H2,1H3,(H,20,25). The van der Waals surface area contributed by atoms with E-state index in [9.17, 15) is 0 Å². The summed E-state index contributed by atoms with van der Waals surface area (Å²) < 4.78 is 20.2. The number of halogens is 1. The first kappa shape index (κ1) is 17.9. The zero-order chi connectivity index (χ0) is 17.6. The summed E-state index contributed by atoms with van der Waals surface area (Å²) in [5.74, 6) is 2.83. The number of hydrogen-bond donors (Lipinski definition) is 1. The number of hydrogen-bond acceptors (Lipinski definition) is 5. The van der Waals surface area contributed by atoms with Crippen LogP contribution in [0.5, 0.6) is 5.75 Å². The highest BCUT2D eigenvalue weighted by molar-refractivity contribution is 9.10. The number of furan rings is 1. The van der Waals surface area contributed by atoms with Crippen LogP contribution in [0.1, 0.15) is 12.2 Å². The van der Waals surface area contributed by atoms with Crippen LogP contribution < -0.4 is 4.74 Å². The van der Waals surface area contributed by atoms with Gasteiger partial charge in [-0.05, 0) is 55.0 Å². The Morgan fingerprint density at radius 1 is 1.24 bits per heavy atom. The number of H-pyrrole nitrogens is 1. The molecular formula is C17H18BrN3O3S. The largest absolute Gasteiger partial charge is 0.486 e. The normalized spacial score (nSPS) is 11.0. The second kappa shape index (κ2) is 8.46. The van der Waals surface area contributed by atoms with E-state index in [2.05, 4.69) is 26.1 Å². The summed E-state index contributed by atoms with van der Waals surface area (Å²) in [6.45, 7) is 1.72. The molecule has 25 heavy (non-hydrogen) atoms.